The summed E-state index contributed by atoms with van der Waals surface area (Å²) in [5.74, 6) is 1.04. The predicted molar refractivity (Wildman–Crippen MR) is 84.4 cm³/mol. The fourth-order valence-corrected chi connectivity index (χ4v) is 2.77. The van der Waals surface area contributed by atoms with Gasteiger partial charge in [0.15, 0.2) is 0 Å². The van der Waals surface area contributed by atoms with Gasteiger partial charge in [0.1, 0.15) is 11.4 Å². The smallest absolute Gasteiger partial charge is 0.124 e. The van der Waals surface area contributed by atoms with Crippen LogP contribution in [0.5, 0.6) is 5.75 Å². The van der Waals surface area contributed by atoms with Gasteiger partial charge in [-0.3, -0.25) is 0 Å². The number of nitrogens with zero attached hydrogens (tertiary/aromatic N) is 1. The number of hydrogen-bond acceptors (Lipinski definition) is 3. The number of aryl methyl sites for hydroxylation is 1. The SMILES string of the molecule is CCc1ccc2c(c1)C(NCCN(C)C)CC(C)(C)O2. The van der Waals surface area contributed by atoms with E-state index < -0.39 is 0 Å². The van der Waals surface area contributed by atoms with Crippen LogP contribution in [-0.2, 0) is 6.42 Å². The van der Waals surface area contributed by atoms with Gasteiger partial charge in [-0.05, 0) is 46.0 Å². The van der Waals surface area contributed by atoms with Crippen LogP contribution in [0.15, 0.2) is 18.2 Å². The van der Waals surface area contributed by atoms with Crippen LogP contribution in [0.3, 0.4) is 0 Å². The lowest BCUT2D eigenvalue weighted by molar-refractivity contribution is 0.0657. The van der Waals surface area contributed by atoms with E-state index >= 15 is 0 Å². The first-order chi connectivity index (χ1) is 9.41. The molecule has 0 amide bonds. The molecule has 0 fully saturated rings. The average Bonchev–Trinajstić information content (AvgIpc) is 2.36. The van der Waals surface area contributed by atoms with Crippen molar-refractivity contribution >= 4 is 0 Å². The van der Waals surface area contributed by atoms with E-state index in [4.69, 9.17) is 4.74 Å². The van der Waals surface area contributed by atoms with Gasteiger partial charge in [-0.25, -0.2) is 0 Å². The molecular weight excluding hydrogens is 248 g/mol. The first-order valence-corrected chi connectivity index (χ1v) is 7.61. The molecule has 1 unspecified atom stereocenters. The number of rotatable bonds is 5. The largest absolute Gasteiger partial charge is 0.487 e. The minimum atomic E-state index is -0.101. The summed E-state index contributed by atoms with van der Waals surface area (Å²) in [6.45, 7) is 8.60. The molecule has 1 aromatic rings. The molecule has 3 heteroatoms. The normalized spacial score (nSPS) is 20.6. The molecule has 0 radical (unpaired) electrons. The van der Waals surface area contributed by atoms with Gasteiger partial charge in [-0.2, -0.15) is 0 Å². The molecule has 20 heavy (non-hydrogen) atoms. The Morgan fingerprint density at radius 1 is 1.35 bits per heavy atom. The monoisotopic (exact) mass is 276 g/mol. The minimum Gasteiger partial charge on any atom is -0.487 e. The van der Waals surface area contributed by atoms with Crippen molar-refractivity contribution in [3.05, 3.63) is 29.3 Å². The molecule has 0 aliphatic carbocycles. The van der Waals surface area contributed by atoms with Gasteiger partial charge < -0.3 is 15.0 Å². The Hall–Kier alpha value is -1.06. The van der Waals surface area contributed by atoms with Gasteiger partial charge in [0.25, 0.3) is 0 Å². The molecule has 1 aliphatic rings. The highest BCUT2D eigenvalue weighted by atomic mass is 16.5. The van der Waals surface area contributed by atoms with Crippen molar-refractivity contribution in [2.75, 3.05) is 27.2 Å². The molecule has 0 aromatic heterocycles. The van der Waals surface area contributed by atoms with Crippen molar-refractivity contribution in [1.82, 2.24) is 10.2 Å². The van der Waals surface area contributed by atoms with Crippen LogP contribution in [0.2, 0.25) is 0 Å². The van der Waals surface area contributed by atoms with Crippen molar-refractivity contribution < 1.29 is 4.74 Å². The van der Waals surface area contributed by atoms with Crippen LogP contribution in [0, 0.1) is 0 Å². The van der Waals surface area contributed by atoms with Gasteiger partial charge in [0.2, 0.25) is 0 Å². The molecule has 1 aliphatic heterocycles. The van der Waals surface area contributed by atoms with Gasteiger partial charge in [0.05, 0.1) is 0 Å². The van der Waals surface area contributed by atoms with Crippen LogP contribution in [0.1, 0.15) is 44.4 Å². The van der Waals surface area contributed by atoms with Crippen LogP contribution >= 0.6 is 0 Å². The third kappa shape index (κ3) is 3.74. The molecule has 0 bridgehead atoms. The first kappa shape index (κ1) is 15.3. The quantitative estimate of drug-likeness (QED) is 0.895. The van der Waals surface area contributed by atoms with E-state index in [0.717, 1.165) is 31.7 Å². The second-order valence-electron chi connectivity index (χ2n) is 6.60. The third-order valence-corrected chi connectivity index (χ3v) is 3.89. The zero-order chi connectivity index (χ0) is 14.8. The van der Waals surface area contributed by atoms with E-state index in [-0.39, 0.29) is 5.60 Å². The minimum absolute atomic E-state index is 0.101. The molecule has 1 aromatic carbocycles. The van der Waals surface area contributed by atoms with E-state index in [9.17, 15) is 0 Å². The molecule has 0 spiro atoms. The summed E-state index contributed by atoms with van der Waals surface area (Å²) in [6.07, 6.45) is 2.09. The number of ether oxygens (including phenoxy) is 1. The van der Waals surface area contributed by atoms with E-state index in [1.165, 1.54) is 11.1 Å². The molecule has 1 heterocycles. The first-order valence-electron chi connectivity index (χ1n) is 7.61. The summed E-state index contributed by atoms with van der Waals surface area (Å²) in [5, 5.41) is 3.69. The number of nitrogens with one attached hydrogen (secondary N) is 1. The van der Waals surface area contributed by atoms with Gasteiger partial charge in [0, 0.05) is 31.1 Å². The highest BCUT2D eigenvalue weighted by Gasteiger charge is 2.33. The Morgan fingerprint density at radius 2 is 2.10 bits per heavy atom. The Kier molecular flexibility index (Phi) is 4.71. The zero-order valence-electron chi connectivity index (χ0n) is 13.5. The lowest BCUT2D eigenvalue weighted by Crippen LogP contribution is -2.41. The van der Waals surface area contributed by atoms with E-state index in [0.29, 0.717) is 6.04 Å². The molecule has 1 atom stereocenters. The maximum absolute atomic E-state index is 6.13. The Balaban J connectivity index is 2.18. The maximum Gasteiger partial charge on any atom is 0.124 e. The van der Waals surface area contributed by atoms with Crippen molar-refractivity contribution in [3.8, 4) is 5.75 Å². The Bertz CT molecular complexity index is 454. The second-order valence-corrected chi connectivity index (χ2v) is 6.60. The number of hydrogen-bond donors (Lipinski definition) is 1. The average molecular weight is 276 g/mol. The van der Waals surface area contributed by atoms with E-state index in [1.54, 1.807) is 0 Å². The topological polar surface area (TPSA) is 24.5 Å². The summed E-state index contributed by atoms with van der Waals surface area (Å²) in [7, 11) is 4.22. The van der Waals surface area contributed by atoms with Gasteiger partial charge >= 0.3 is 0 Å². The fraction of sp³-hybridized carbons (Fsp3) is 0.647. The lowest BCUT2D eigenvalue weighted by atomic mass is 9.88. The van der Waals surface area contributed by atoms with E-state index in [2.05, 4.69) is 63.3 Å². The van der Waals surface area contributed by atoms with Crippen molar-refractivity contribution in [1.29, 1.82) is 0 Å². The molecular formula is C17H28N2O. The predicted octanol–water partition coefficient (Wildman–Crippen LogP) is 3.00. The van der Waals surface area contributed by atoms with Gasteiger partial charge in [-0.1, -0.05) is 19.1 Å². The van der Waals surface area contributed by atoms with Crippen molar-refractivity contribution in [2.24, 2.45) is 0 Å². The van der Waals surface area contributed by atoms with Crippen LogP contribution in [-0.4, -0.2) is 37.7 Å². The summed E-state index contributed by atoms with van der Waals surface area (Å²) in [6, 6.07) is 7.00. The van der Waals surface area contributed by atoms with Gasteiger partial charge in [-0.15, -0.1) is 0 Å². The highest BCUT2D eigenvalue weighted by Crippen LogP contribution is 2.39. The third-order valence-electron chi connectivity index (χ3n) is 3.89. The molecule has 2 rings (SSSR count). The highest BCUT2D eigenvalue weighted by molar-refractivity contribution is 5.41. The molecule has 112 valence electrons. The second kappa shape index (κ2) is 6.15. The Morgan fingerprint density at radius 3 is 2.75 bits per heavy atom. The molecule has 3 nitrogen and oxygen atoms in total. The van der Waals surface area contributed by atoms with Crippen LogP contribution in [0.25, 0.3) is 0 Å². The number of benzene rings is 1. The van der Waals surface area contributed by atoms with Crippen molar-refractivity contribution in [3.63, 3.8) is 0 Å². The number of fused-ring (bicyclic) bond motifs is 1. The number of likely N-dealkylation sites (N-methyl/N-ethyl adjacent to an activating group) is 1. The Labute approximate surface area is 123 Å². The standard InChI is InChI=1S/C17H28N2O/c1-6-13-7-8-16-14(11-13)15(12-17(2,3)20-16)18-9-10-19(4)5/h7-8,11,15,18H,6,9-10,12H2,1-5H3. The summed E-state index contributed by atoms with van der Waals surface area (Å²) >= 11 is 0. The fourth-order valence-electron chi connectivity index (χ4n) is 2.77. The van der Waals surface area contributed by atoms with Crippen LogP contribution in [0.4, 0.5) is 0 Å². The van der Waals surface area contributed by atoms with Crippen LogP contribution < -0.4 is 10.1 Å². The summed E-state index contributed by atoms with van der Waals surface area (Å²) in [5.41, 5.74) is 2.60. The molecule has 1 N–H and O–H groups in total. The van der Waals surface area contributed by atoms with E-state index in [1.807, 2.05) is 0 Å². The summed E-state index contributed by atoms with van der Waals surface area (Å²) in [4.78, 5) is 2.21. The summed E-state index contributed by atoms with van der Waals surface area (Å²) < 4.78 is 6.13. The lowest BCUT2D eigenvalue weighted by Gasteiger charge is -2.38. The maximum atomic E-state index is 6.13. The zero-order valence-corrected chi connectivity index (χ0v) is 13.5. The molecule has 0 saturated heterocycles. The van der Waals surface area contributed by atoms with Crippen molar-refractivity contribution in [2.45, 2.75) is 45.3 Å². The molecule has 0 saturated carbocycles.